The van der Waals surface area contributed by atoms with E-state index in [0.29, 0.717) is 22.3 Å². The van der Waals surface area contributed by atoms with E-state index in [1.54, 1.807) is 37.3 Å². The molecule has 1 amide bonds. The number of alkyl halides is 3. The summed E-state index contributed by atoms with van der Waals surface area (Å²) >= 11 is 12.1. The van der Waals surface area contributed by atoms with Crippen molar-refractivity contribution in [2.45, 2.75) is 13.1 Å². The summed E-state index contributed by atoms with van der Waals surface area (Å²) in [5.74, 6) is -0.848. The van der Waals surface area contributed by atoms with Crippen LogP contribution in [0.1, 0.15) is 11.3 Å². The molecule has 2 aromatic carbocycles. The quantitative estimate of drug-likeness (QED) is 0.564. The van der Waals surface area contributed by atoms with Gasteiger partial charge in [0.2, 0.25) is 5.88 Å². The van der Waals surface area contributed by atoms with Crippen molar-refractivity contribution >= 4 is 34.8 Å². The molecular formula is C19H14Cl2F3N3O2. The van der Waals surface area contributed by atoms with E-state index in [0.717, 1.165) is 4.68 Å². The lowest BCUT2D eigenvalue weighted by atomic mass is 10.2. The van der Waals surface area contributed by atoms with Gasteiger partial charge in [-0.1, -0.05) is 41.4 Å². The minimum Gasteiger partial charge on any atom is -0.467 e. The number of benzene rings is 2. The van der Waals surface area contributed by atoms with Gasteiger partial charge in [-0.3, -0.25) is 4.79 Å². The molecule has 0 fully saturated rings. The number of hydrogen-bond donors (Lipinski definition) is 1. The third kappa shape index (κ3) is 4.83. The minimum atomic E-state index is -4.69. The lowest BCUT2D eigenvalue weighted by Gasteiger charge is -2.12. The number of carbonyl (C=O) groups excluding carboxylic acids is 1. The summed E-state index contributed by atoms with van der Waals surface area (Å²) in [7, 11) is 0. The average molecular weight is 444 g/mol. The number of rotatable bonds is 5. The molecule has 0 atom stereocenters. The fourth-order valence-corrected chi connectivity index (χ4v) is 2.86. The van der Waals surface area contributed by atoms with Gasteiger partial charge >= 0.3 is 6.18 Å². The van der Waals surface area contributed by atoms with Gasteiger partial charge in [0.25, 0.3) is 5.91 Å². The van der Waals surface area contributed by atoms with Crippen LogP contribution < -0.4 is 10.1 Å². The molecule has 0 saturated carbocycles. The Bertz CT molecular complexity index is 1050. The van der Waals surface area contributed by atoms with E-state index in [2.05, 4.69) is 10.4 Å². The molecule has 152 valence electrons. The Morgan fingerprint density at radius 2 is 1.83 bits per heavy atom. The third-order valence-electron chi connectivity index (χ3n) is 3.94. The molecular weight excluding hydrogens is 430 g/mol. The van der Waals surface area contributed by atoms with Crippen molar-refractivity contribution in [3.8, 4) is 11.6 Å². The SMILES string of the molecule is Cc1c(Cl)cccc1NC(=O)COc1cc(C(F)(F)F)nn1-c1ccccc1Cl. The Balaban J connectivity index is 1.83. The molecule has 0 aliphatic heterocycles. The Kier molecular flexibility index (Phi) is 6.04. The highest BCUT2D eigenvalue weighted by atomic mass is 35.5. The molecule has 10 heteroatoms. The molecule has 0 aliphatic carbocycles. The highest BCUT2D eigenvalue weighted by molar-refractivity contribution is 6.32. The largest absolute Gasteiger partial charge is 0.467 e. The number of hydrogen-bond acceptors (Lipinski definition) is 3. The fourth-order valence-electron chi connectivity index (χ4n) is 2.47. The summed E-state index contributed by atoms with van der Waals surface area (Å²) in [6, 6.07) is 11.9. The number of ether oxygens (including phenoxy) is 1. The van der Waals surface area contributed by atoms with Gasteiger partial charge in [-0.25, -0.2) is 0 Å². The Hall–Kier alpha value is -2.71. The second-order valence-electron chi connectivity index (χ2n) is 5.98. The summed E-state index contributed by atoms with van der Waals surface area (Å²) in [4.78, 5) is 12.2. The normalized spacial score (nSPS) is 11.4. The van der Waals surface area contributed by atoms with Crippen LogP contribution in [0.2, 0.25) is 10.0 Å². The van der Waals surface area contributed by atoms with Gasteiger partial charge in [0.05, 0.1) is 10.7 Å². The molecule has 0 radical (unpaired) electrons. The molecule has 1 heterocycles. The van der Waals surface area contributed by atoms with Crippen molar-refractivity contribution in [1.29, 1.82) is 0 Å². The van der Waals surface area contributed by atoms with Gasteiger partial charge in [-0.15, -0.1) is 0 Å². The van der Waals surface area contributed by atoms with Crippen molar-refractivity contribution in [3.05, 3.63) is 69.8 Å². The molecule has 5 nitrogen and oxygen atoms in total. The molecule has 3 aromatic rings. The van der Waals surface area contributed by atoms with Crippen molar-refractivity contribution in [2.75, 3.05) is 11.9 Å². The number of anilines is 1. The molecule has 1 N–H and O–H groups in total. The van der Waals surface area contributed by atoms with Crippen LogP contribution in [0.4, 0.5) is 18.9 Å². The van der Waals surface area contributed by atoms with Crippen LogP contribution in [-0.2, 0) is 11.0 Å². The van der Waals surface area contributed by atoms with Gasteiger partial charge < -0.3 is 10.1 Å². The van der Waals surface area contributed by atoms with Crippen LogP contribution >= 0.6 is 23.2 Å². The van der Waals surface area contributed by atoms with Gasteiger partial charge in [0.15, 0.2) is 12.3 Å². The van der Waals surface area contributed by atoms with Crippen molar-refractivity contribution < 1.29 is 22.7 Å². The van der Waals surface area contributed by atoms with E-state index < -0.39 is 24.4 Å². The number of nitrogens with zero attached hydrogens (tertiary/aromatic N) is 2. The summed E-state index contributed by atoms with van der Waals surface area (Å²) in [5, 5.41) is 6.78. The highest BCUT2D eigenvalue weighted by Crippen LogP contribution is 2.33. The molecule has 0 unspecified atom stereocenters. The first-order chi connectivity index (χ1) is 13.7. The van der Waals surface area contributed by atoms with Crippen LogP contribution in [0.25, 0.3) is 5.69 Å². The maximum Gasteiger partial charge on any atom is 0.435 e. The molecule has 1 aromatic heterocycles. The number of nitrogens with one attached hydrogen (secondary N) is 1. The first-order valence-corrected chi connectivity index (χ1v) is 9.02. The monoisotopic (exact) mass is 443 g/mol. The zero-order valence-electron chi connectivity index (χ0n) is 14.9. The highest BCUT2D eigenvalue weighted by Gasteiger charge is 2.36. The van der Waals surface area contributed by atoms with E-state index in [9.17, 15) is 18.0 Å². The zero-order valence-corrected chi connectivity index (χ0v) is 16.4. The third-order valence-corrected chi connectivity index (χ3v) is 4.67. The first kappa shape index (κ1) is 21.0. The van der Waals surface area contributed by atoms with E-state index in [1.165, 1.54) is 12.1 Å². The van der Waals surface area contributed by atoms with Crippen LogP contribution in [0.15, 0.2) is 48.5 Å². The van der Waals surface area contributed by atoms with E-state index in [1.807, 2.05) is 0 Å². The molecule has 0 spiro atoms. The van der Waals surface area contributed by atoms with E-state index in [-0.39, 0.29) is 16.6 Å². The Morgan fingerprint density at radius 1 is 1.14 bits per heavy atom. The topological polar surface area (TPSA) is 56.1 Å². The Morgan fingerprint density at radius 3 is 2.52 bits per heavy atom. The Labute approximate surface area is 174 Å². The summed E-state index contributed by atoms with van der Waals surface area (Å²) in [6.07, 6.45) is -4.69. The summed E-state index contributed by atoms with van der Waals surface area (Å²) in [6.45, 7) is 1.18. The number of carbonyl (C=O) groups is 1. The summed E-state index contributed by atoms with van der Waals surface area (Å²) < 4.78 is 45.6. The van der Waals surface area contributed by atoms with Gasteiger partial charge in [-0.2, -0.15) is 23.0 Å². The standard InChI is InChI=1S/C19H14Cl2F3N3O2/c1-11-12(20)6-4-7-14(11)25-17(28)10-29-18-9-16(19(22,23)24)26-27(18)15-8-3-2-5-13(15)21/h2-9H,10H2,1H3,(H,25,28). The molecule has 29 heavy (non-hydrogen) atoms. The predicted molar refractivity (Wildman–Crippen MR) is 104 cm³/mol. The number of halogens is 5. The van der Waals surface area contributed by atoms with Crippen LogP contribution in [0, 0.1) is 6.92 Å². The second kappa shape index (κ2) is 8.34. The van der Waals surface area contributed by atoms with E-state index >= 15 is 0 Å². The lowest BCUT2D eigenvalue weighted by molar-refractivity contribution is -0.141. The average Bonchev–Trinajstić information content (AvgIpc) is 3.09. The van der Waals surface area contributed by atoms with Crippen molar-refractivity contribution in [1.82, 2.24) is 9.78 Å². The van der Waals surface area contributed by atoms with Crippen molar-refractivity contribution in [3.63, 3.8) is 0 Å². The maximum absolute atomic E-state index is 13.1. The fraction of sp³-hybridized carbons (Fsp3) is 0.158. The van der Waals surface area contributed by atoms with E-state index in [4.69, 9.17) is 27.9 Å². The number of amides is 1. The minimum absolute atomic E-state index is 0.174. The number of para-hydroxylation sites is 1. The van der Waals surface area contributed by atoms with Crippen LogP contribution in [0.5, 0.6) is 5.88 Å². The van der Waals surface area contributed by atoms with Gasteiger partial charge in [0.1, 0.15) is 0 Å². The van der Waals surface area contributed by atoms with Crippen molar-refractivity contribution in [2.24, 2.45) is 0 Å². The first-order valence-electron chi connectivity index (χ1n) is 8.26. The summed E-state index contributed by atoms with van der Waals surface area (Å²) in [5.41, 5.74) is 0.147. The molecule has 3 rings (SSSR count). The molecule has 0 saturated heterocycles. The number of aromatic nitrogens is 2. The molecule has 0 aliphatic rings. The van der Waals surface area contributed by atoms with Gasteiger partial charge in [0, 0.05) is 16.8 Å². The second-order valence-corrected chi connectivity index (χ2v) is 6.79. The van der Waals surface area contributed by atoms with Crippen LogP contribution in [0.3, 0.4) is 0 Å². The van der Waals surface area contributed by atoms with Gasteiger partial charge in [-0.05, 0) is 36.8 Å². The smallest absolute Gasteiger partial charge is 0.435 e. The maximum atomic E-state index is 13.1. The molecule has 0 bridgehead atoms. The van der Waals surface area contributed by atoms with Crippen LogP contribution in [-0.4, -0.2) is 22.3 Å². The lowest BCUT2D eigenvalue weighted by Crippen LogP contribution is -2.21. The predicted octanol–water partition coefficient (Wildman–Crippen LogP) is 5.52. The zero-order chi connectivity index (χ0) is 21.2.